The van der Waals surface area contributed by atoms with E-state index in [1.807, 2.05) is 7.11 Å². The fourth-order valence-electron chi connectivity index (χ4n) is 3.94. The lowest BCUT2D eigenvalue weighted by atomic mass is 9.76. The largest absolute Gasteiger partial charge is 0.381 e. The summed E-state index contributed by atoms with van der Waals surface area (Å²) in [5.41, 5.74) is 0.0688. The van der Waals surface area contributed by atoms with Crippen molar-refractivity contribution in [2.75, 3.05) is 33.5 Å². The van der Waals surface area contributed by atoms with Gasteiger partial charge in [0, 0.05) is 33.0 Å². The summed E-state index contributed by atoms with van der Waals surface area (Å²) in [6.45, 7) is 8.09. The first-order valence-electron chi connectivity index (χ1n) is 8.72. The van der Waals surface area contributed by atoms with Crippen molar-refractivity contribution < 1.29 is 14.2 Å². The summed E-state index contributed by atoms with van der Waals surface area (Å²) in [7, 11) is 1.85. The summed E-state index contributed by atoms with van der Waals surface area (Å²) in [6.07, 6.45) is 6.92. The van der Waals surface area contributed by atoms with Gasteiger partial charge in [0.1, 0.15) is 0 Å². The number of rotatable bonds is 7. The molecule has 0 aliphatic carbocycles. The highest BCUT2D eigenvalue weighted by atomic mass is 16.5. The van der Waals surface area contributed by atoms with E-state index in [9.17, 15) is 0 Å². The molecule has 4 heteroatoms. The van der Waals surface area contributed by atoms with Crippen LogP contribution in [0.4, 0.5) is 0 Å². The van der Waals surface area contributed by atoms with Crippen molar-refractivity contribution in [3.8, 4) is 0 Å². The lowest BCUT2D eigenvalue weighted by Gasteiger charge is -2.46. The third-order valence-corrected chi connectivity index (χ3v) is 5.18. The monoisotopic (exact) mass is 299 g/mol. The Kier molecular flexibility index (Phi) is 6.93. The zero-order valence-electron chi connectivity index (χ0n) is 14.0. The SMILES string of the molecule is CCCNC(C1CCOC2(CCOCC2)C1)C(CC)OC. The minimum absolute atomic E-state index is 0.0688. The Morgan fingerprint density at radius 2 is 2.00 bits per heavy atom. The molecular weight excluding hydrogens is 266 g/mol. The minimum Gasteiger partial charge on any atom is -0.381 e. The zero-order valence-corrected chi connectivity index (χ0v) is 14.0. The predicted octanol–water partition coefficient (Wildman–Crippen LogP) is 2.76. The van der Waals surface area contributed by atoms with Crippen LogP contribution >= 0.6 is 0 Å². The second-order valence-corrected chi connectivity index (χ2v) is 6.56. The van der Waals surface area contributed by atoms with Crippen LogP contribution in [-0.2, 0) is 14.2 Å². The molecule has 0 aromatic heterocycles. The van der Waals surface area contributed by atoms with Crippen molar-refractivity contribution in [1.82, 2.24) is 5.32 Å². The molecule has 3 atom stereocenters. The smallest absolute Gasteiger partial charge is 0.0729 e. The van der Waals surface area contributed by atoms with Crippen molar-refractivity contribution in [1.29, 1.82) is 0 Å². The molecule has 21 heavy (non-hydrogen) atoms. The number of ether oxygens (including phenoxy) is 3. The summed E-state index contributed by atoms with van der Waals surface area (Å²) < 4.78 is 17.5. The van der Waals surface area contributed by atoms with Crippen molar-refractivity contribution >= 4 is 0 Å². The van der Waals surface area contributed by atoms with Gasteiger partial charge in [0.15, 0.2) is 0 Å². The maximum Gasteiger partial charge on any atom is 0.0729 e. The van der Waals surface area contributed by atoms with Crippen molar-refractivity contribution in [3.63, 3.8) is 0 Å². The molecule has 2 saturated heterocycles. The van der Waals surface area contributed by atoms with Crippen LogP contribution in [0.15, 0.2) is 0 Å². The van der Waals surface area contributed by atoms with Gasteiger partial charge in [-0.1, -0.05) is 13.8 Å². The number of hydrogen-bond donors (Lipinski definition) is 1. The van der Waals surface area contributed by atoms with Gasteiger partial charge in [-0.25, -0.2) is 0 Å². The van der Waals surface area contributed by atoms with Crippen LogP contribution in [0.2, 0.25) is 0 Å². The molecule has 2 aliphatic heterocycles. The summed E-state index contributed by atoms with van der Waals surface area (Å²) in [5.74, 6) is 0.647. The first-order valence-corrected chi connectivity index (χ1v) is 8.72. The van der Waals surface area contributed by atoms with E-state index in [1.165, 1.54) is 6.42 Å². The van der Waals surface area contributed by atoms with Gasteiger partial charge in [-0.3, -0.25) is 0 Å². The lowest BCUT2D eigenvalue weighted by molar-refractivity contribution is -0.154. The Bertz CT molecular complexity index is 282. The molecule has 2 rings (SSSR count). The fourth-order valence-corrected chi connectivity index (χ4v) is 3.94. The average molecular weight is 299 g/mol. The predicted molar refractivity (Wildman–Crippen MR) is 84.6 cm³/mol. The maximum absolute atomic E-state index is 6.19. The standard InChI is InChI=1S/C17H33NO3/c1-4-9-18-16(15(5-2)19-3)14-6-10-21-17(13-14)7-11-20-12-8-17/h14-16,18H,4-13H2,1-3H3. The molecule has 0 radical (unpaired) electrons. The second kappa shape index (κ2) is 8.47. The molecule has 3 unspecified atom stereocenters. The van der Waals surface area contributed by atoms with E-state index >= 15 is 0 Å². The highest BCUT2D eigenvalue weighted by Gasteiger charge is 2.42. The molecular formula is C17H33NO3. The maximum atomic E-state index is 6.19. The van der Waals surface area contributed by atoms with E-state index in [1.54, 1.807) is 0 Å². The van der Waals surface area contributed by atoms with Crippen LogP contribution in [0.5, 0.6) is 0 Å². The number of methoxy groups -OCH3 is 1. The lowest BCUT2D eigenvalue weighted by Crippen LogP contribution is -2.53. The third-order valence-electron chi connectivity index (χ3n) is 5.18. The van der Waals surface area contributed by atoms with Gasteiger partial charge >= 0.3 is 0 Å². The first-order chi connectivity index (χ1) is 10.2. The zero-order chi connectivity index (χ0) is 15.1. The van der Waals surface area contributed by atoms with Crippen molar-refractivity contribution in [2.24, 2.45) is 5.92 Å². The molecule has 0 amide bonds. The average Bonchev–Trinajstić information content (AvgIpc) is 2.52. The van der Waals surface area contributed by atoms with E-state index < -0.39 is 0 Å². The Morgan fingerprint density at radius 3 is 2.62 bits per heavy atom. The fraction of sp³-hybridized carbons (Fsp3) is 1.00. The van der Waals surface area contributed by atoms with Crippen molar-refractivity contribution in [3.05, 3.63) is 0 Å². The molecule has 2 heterocycles. The Hall–Kier alpha value is -0.160. The Labute approximate surface area is 129 Å². The Morgan fingerprint density at radius 1 is 1.24 bits per heavy atom. The van der Waals surface area contributed by atoms with Gasteiger partial charge in [0.25, 0.3) is 0 Å². The molecule has 0 saturated carbocycles. The topological polar surface area (TPSA) is 39.7 Å². The van der Waals surface area contributed by atoms with Crippen molar-refractivity contribution in [2.45, 2.75) is 70.1 Å². The van der Waals surface area contributed by atoms with Crippen LogP contribution in [-0.4, -0.2) is 51.2 Å². The third kappa shape index (κ3) is 4.41. The molecule has 124 valence electrons. The van der Waals surface area contributed by atoms with Gasteiger partial charge < -0.3 is 19.5 Å². The van der Waals surface area contributed by atoms with E-state index in [0.717, 1.165) is 58.5 Å². The quantitative estimate of drug-likeness (QED) is 0.784. The van der Waals surface area contributed by atoms with E-state index in [2.05, 4.69) is 19.2 Å². The molecule has 1 spiro atoms. The molecule has 0 aromatic rings. The van der Waals surface area contributed by atoms with Gasteiger partial charge in [-0.15, -0.1) is 0 Å². The minimum atomic E-state index is 0.0688. The molecule has 0 bridgehead atoms. The normalized spacial score (nSPS) is 28.4. The van der Waals surface area contributed by atoms with E-state index in [4.69, 9.17) is 14.2 Å². The molecule has 1 N–H and O–H groups in total. The van der Waals surface area contributed by atoms with Gasteiger partial charge in [-0.2, -0.15) is 0 Å². The summed E-state index contributed by atoms with van der Waals surface area (Å²) in [5, 5.41) is 3.75. The van der Waals surface area contributed by atoms with Crippen LogP contribution in [0, 0.1) is 5.92 Å². The van der Waals surface area contributed by atoms with Crippen LogP contribution in [0.3, 0.4) is 0 Å². The summed E-state index contributed by atoms with van der Waals surface area (Å²) in [4.78, 5) is 0. The van der Waals surface area contributed by atoms with E-state index in [0.29, 0.717) is 18.1 Å². The van der Waals surface area contributed by atoms with Crippen LogP contribution in [0.25, 0.3) is 0 Å². The summed E-state index contributed by atoms with van der Waals surface area (Å²) in [6, 6.07) is 0.448. The van der Waals surface area contributed by atoms with Gasteiger partial charge in [-0.05, 0) is 51.0 Å². The second-order valence-electron chi connectivity index (χ2n) is 6.56. The van der Waals surface area contributed by atoms with Gasteiger partial charge in [0.05, 0.1) is 11.7 Å². The first kappa shape index (κ1) is 17.2. The highest BCUT2D eigenvalue weighted by Crippen LogP contribution is 2.39. The summed E-state index contributed by atoms with van der Waals surface area (Å²) >= 11 is 0. The molecule has 4 nitrogen and oxygen atoms in total. The highest BCUT2D eigenvalue weighted by molar-refractivity contribution is 4.94. The molecule has 0 aromatic carbocycles. The number of nitrogens with one attached hydrogen (secondary N) is 1. The van der Waals surface area contributed by atoms with Crippen LogP contribution in [0.1, 0.15) is 52.4 Å². The number of hydrogen-bond acceptors (Lipinski definition) is 4. The molecule has 2 aliphatic rings. The van der Waals surface area contributed by atoms with Gasteiger partial charge in [0.2, 0.25) is 0 Å². The molecule has 2 fully saturated rings. The van der Waals surface area contributed by atoms with E-state index in [-0.39, 0.29) is 5.60 Å². The Balaban J connectivity index is 2.03. The van der Waals surface area contributed by atoms with Crippen LogP contribution < -0.4 is 5.32 Å².